The smallest absolute Gasteiger partial charge is 0.325 e. The number of carbonyl (C=O) groups is 2. The molecule has 2 N–H and O–H groups in total. The summed E-state index contributed by atoms with van der Waals surface area (Å²) >= 11 is 0. The van der Waals surface area contributed by atoms with Crippen LogP contribution in [0.15, 0.2) is 12.7 Å². The van der Waals surface area contributed by atoms with E-state index in [0.717, 1.165) is 0 Å². The summed E-state index contributed by atoms with van der Waals surface area (Å²) in [5.41, 5.74) is 0. The molecule has 1 amide bonds. The molecule has 0 aliphatic carbocycles. The molecule has 0 aromatic carbocycles. The summed E-state index contributed by atoms with van der Waals surface area (Å²) in [6.45, 7) is 5.74. The van der Waals surface area contributed by atoms with Crippen molar-refractivity contribution in [2.75, 3.05) is 5.75 Å². The normalized spacial score (nSPS) is 14.9. The minimum atomic E-state index is -3.60. The van der Waals surface area contributed by atoms with E-state index >= 15 is 0 Å². The van der Waals surface area contributed by atoms with Gasteiger partial charge in [0.15, 0.2) is 9.84 Å². The Balaban J connectivity index is 4.63. The van der Waals surface area contributed by atoms with Crippen LogP contribution in [0, 0.1) is 0 Å². The van der Waals surface area contributed by atoms with Crippen LogP contribution >= 0.6 is 0 Å². The van der Waals surface area contributed by atoms with Crippen molar-refractivity contribution >= 4 is 21.7 Å². The Morgan fingerprint density at radius 1 is 1.44 bits per heavy atom. The van der Waals surface area contributed by atoms with Gasteiger partial charge in [-0.25, -0.2) is 8.42 Å². The molecule has 0 heterocycles. The van der Waals surface area contributed by atoms with Gasteiger partial charge in [-0.15, -0.1) is 6.58 Å². The van der Waals surface area contributed by atoms with E-state index in [2.05, 4.69) is 11.9 Å². The Morgan fingerprint density at radius 3 is 2.31 bits per heavy atom. The summed E-state index contributed by atoms with van der Waals surface area (Å²) in [6, 6.07) is -1.12. The molecule has 0 radical (unpaired) electrons. The number of aliphatic carboxylic acids is 1. The average Bonchev–Trinajstić information content (AvgIpc) is 2.16. The van der Waals surface area contributed by atoms with Crippen molar-refractivity contribution < 1.29 is 23.1 Å². The average molecular weight is 249 g/mol. The van der Waals surface area contributed by atoms with E-state index in [1.165, 1.54) is 19.9 Å². The lowest BCUT2D eigenvalue weighted by Gasteiger charge is -2.14. The fraction of sp³-hybridized carbons (Fsp3) is 0.556. The second kappa shape index (κ2) is 5.64. The number of amides is 1. The molecule has 2 unspecified atom stereocenters. The minimum Gasteiger partial charge on any atom is -0.480 e. The van der Waals surface area contributed by atoms with Crippen molar-refractivity contribution in [3.05, 3.63) is 12.7 Å². The van der Waals surface area contributed by atoms with Crippen LogP contribution in [0.3, 0.4) is 0 Å². The number of carboxylic acids is 1. The molecule has 0 aliphatic heterocycles. The third-order valence-electron chi connectivity index (χ3n) is 1.99. The summed E-state index contributed by atoms with van der Waals surface area (Å²) in [5, 5.41) is 9.35. The Kier molecular flexibility index (Phi) is 5.16. The molecule has 16 heavy (non-hydrogen) atoms. The molecular weight excluding hydrogens is 234 g/mol. The zero-order chi connectivity index (χ0) is 12.9. The second-order valence-corrected chi connectivity index (χ2v) is 5.70. The number of hydrogen-bond donors (Lipinski definition) is 2. The van der Waals surface area contributed by atoms with Gasteiger partial charge in [-0.1, -0.05) is 6.08 Å². The van der Waals surface area contributed by atoms with Crippen LogP contribution in [0.1, 0.15) is 13.8 Å². The highest BCUT2D eigenvalue weighted by Crippen LogP contribution is 2.03. The van der Waals surface area contributed by atoms with Gasteiger partial charge in [-0.05, 0) is 13.8 Å². The zero-order valence-corrected chi connectivity index (χ0v) is 9.95. The molecule has 0 bridgehead atoms. The van der Waals surface area contributed by atoms with E-state index in [1.807, 2.05) is 0 Å². The maximum Gasteiger partial charge on any atom is 0.325 e. The molecule has 6 nitrogen and oxygen atoms in total. The van der Waals surface area contributed by atoms with Gasteiger partial charge >= 0.3 is 5.97 Å². The van der Waals surface area contributed by atoms with Crippen LogP contribution in [0.25, 0.3) is 0 Å². The summed E-state index contributed by atoms with van der Waals surface area (Å²) < 4.78 is 22.9. The highest BCUT2D eigenvalue weighted by Gasteiger charge is 2.28. The van der Waals surface area contributed by atoms with Crippen molar-refractivity contribution in [1.29, 1.82) is 0 Å². The lowest BCUT2D eigenvalue weighted by atomic mass is 10.3. The molecule has 0 saturated heterocycles. The van der Waals surface area contributed by atoms with E-state index in [1.54, 1.807) is 0 Å². The van der Waals surface area contributed by atoms with Crippen LogP contribution in [0.2, 0.25) is 0 Å². The van der Waals surface area contributed by atoms with E-state index in [4.69, 9.17) is 5.11 Å². The van der Waals surface area contributed by atoms with Crippen LogP contribution in [-0.2, 0) is 19.4 Å². The van der Waals surface area contributed by atoms with E-state index in [-0.39, 0.29) is 5.75 Å². The lowest BCUT2D eigenvalue weighted by Crippen LogP contribution is -2.45. The van der Waals surface area contributed by atoms with Crippen LogP contribution < -0.4 is 5.32 Å². The van der Waals surface area contributed by atoms with Crippen molar-refractivity contribution in [2.45, 2.75) is 25.1 Å². The number of carbonyl (C=O) groups excluding carboxylic acids is 1. The van der Waals surface area contributed by atoms with Crippen LogP contribution in [-0.4, -0.2) is 42.4 Å². The predicted octanol–water partition coefficient (Wildman–Crippen LogP) is -0.435. The number of carboxylic acid groups (broad SMARTS) is 1. The molecule has 0 fully saturated rings. The third-order valence-corrected chi connectivity index (χ3v) is 3.98. The Labute approximate surface area is 94.3 Å². The van der Waals surface area contributed by atoms with Gasteiger partial charge in [0.2, 0.25) is 5.91 Å². The maximum absolute atomic E-state index is 11.4. The standard InChI is InChI=1S/C9H15NO5S/c1-4-5-16(14,15)7(3)8(11)10-6(2)9(12)13/h4,6-7H,1,5H2,2-3H3,(H,10,11)(H,12,13). The summed E-state index contributed by atoms with van der Waals surface area (Å²) in [7, 11) is -3.60. The maximum atomic E-state index is 11.4. The summed E-state index contributed by atoms with van der Waals surface area (Å²) in [4.78, 5) is 21.8. The molecule has 0 aromatic heterocycles. The van der Waals surface area contributed by atoms with E-state index in [9.17, 15) is 18.0 Å². The first kappa shape index (κ1) is 14.6. The zero-order valence-electron chi connectivity index (χ0n) is 9.13. The van der Waals surface area contributed by atoms with Crippen LogP contribution in [0.4, 0.5) is 0 Å². The van der Waals surface area contributed by atoms with Crippen molar-refractivity contribution in [3.63, 3.8) is 0 Å². The third kappa shape index (κ3) is 4.01. The van der Waals surface area contributed by atoms with E-state index < -0.39 is 33.0 Å². The summed E-state index contributed by atoms with van der Waals surface area (Å²) in [6.07, 6.45) is 1.18. The molecule has 92 valence electrons. The first-order chi connectivity index (χ1) is 7.22. The van der Waals surface area contributed by atoms with Gasteiger partial charge in [0.25, 0.3) is 0 Å². The van der Waals surface area contributed by atoms with Gasteiger partial charge in [-0.3, -0.25) is 9.59 Å². The number of sulfone groups is 1. The number of rotatable bonds is 6. The number of nitrogens with one attached hydrogen (secondary N) is 1. The predicted molar refractivity (Wildman–Crippen MR) is 58.7 cm³/mol. The monoisotopic (exact) mass is 249 g/mol. The lowest BCUT2D eigenvalue weighted by molar-refractivity contribution is -0.141. The largest absolute Gasteiger partial charge is 0.480 e. The van der Waals surface area contributed by atoms with Crippen molar-refractivity contribution in [3.8, 4) is 0 Å². The minimum absolute atomic E-state index is 0.316. The first-order valence-electron chi connectivity index (χ1n) is 4.58. The van der Waals surface area contributed by atoms with Gasteiger partial charge in [0.1, 0.15) is 11.3 Å². The summed E-state index contributed by atoms with van der Waals surface area (Å²) in [5.74, 6) is -2.36. The topological polar surface area (TPSA) is 101 Å². The molecular formula is C9H15NO5S. The molecule has 0 saturated carbocycles. The molecule has 0 aromatic rings. The van der Waals surface area contributed by atoms with E-state index in [0.29, 0.717) is 0 Å². The molecule has 0 spiro atoms. The number of hydrogen-bond acceptors (Lipinski definition) is 4. The fourth-order valence-corrected chi connectivity index (χ4v) is 1.88. The Hall–Kier alpha value is -1.37. The fourth-order valence-electron chi connectivity index (χ4n) is 0.864. The second-order valence-electron chi connectivity index (χ2n) is 3.33. The highest BCUT2D eigenvalue weighted by molar-refractivity contribution is 7.92. The van der Waals surface area contributed by atoms with Crippen molar-refractivity contribution in [1.82, 2.24) is 5.32 Å². The van der Waals surface area contributed by atoms with Crippen molar-refractivity contribution in [2.24, 2.45) is 0 Å². The Morgan fingerprint density at radius 2 is 1.94 bits per heavy atom. The molecule has 0 rings (SSSR count). The molecule has 7 heteroatoms. The van der Waals surface area contributed by atoms with Gasteiger partial charge in [0.05, 0.1) is 5.75 Å². The van der Waals surface area contributed by atoms with Gasteiger partial charge < -0.3 is 10.4 Å². The highest BCUT2D eigenvalue weighted by atomic mass is 32.2. The Bertz CT molecular complexity index is 387. The first-order valence-corrected chi connectivity index (χ1v) is 6.29. The quantitative estimate of drug-likeness (QED) is 0.622. The SMILES string of the molecule is C=CCS(=O)(=O)C(C)C(=O)NC(C)C(=O)O. The molecule has 0 aliphatic rings. The van der Waals surface area contributed by atoms with Crippen LogP contribution in [0.5, 0.6) is 0 Å². The van der Waals surface area contributed by atoms with Gasteiger partial charge in [-0.2, -0.15) is 0 Å². The van der Waals surface area contributed by atoms with Gasteiger partial charge in [0, 0.05) is 0 Å². The molecule has 2 atom stereocenters.